The zero-order valence-electron chi connectivity index (χ0n) is 11.1. The van der Waals surface area contributed by atoms with Crippen LogP contribution in [0.4, 0.5) is 0 Å². The molecule has 0 spiro atoms. The van der Waals surface area contributed by atoms with Gasteiger partial charge in [-0.25, -0.2) is 0 Å². The standard InChI is InChI=1S/C13H21N3O.ClH/c1-3-4-12-11(14-2)9-13(17)16(12)10-5-7-15-8-6-10;/h4,10,15H,3,5-9H2,1-2H3;1H/b12-4+,14-11?;. The highest BCUT2D eigenvalue weighted by Gasteiger charge is 2.36. The maximum absolute atomic E-state index is 12.1. The lowest BCUT2D eigenvalue weighted by atomic mass is 10.0. The fourth-order valence-electron chi connectivity index (χ4n) is 2.66. The van der Waals surface area contributed by atoms with Gasteiger partial charge in [0.05, 0.1) is 17.8 Å². The SMILES string of the molecule is CC/C=C1\C(=NC)CC(=O)N1C1CCNCC1.Cl. The summed E-state index contributed by atoms with van der Waals surface area (Å²) in [6.45, 7) is 4.11. The van der Waals surface area contributed by atoms with Gasteiger partial charge in [0, 0.05) is 13.1 Å². The summed E-state index contributed by atoms with van der Waals surface area (Å²) in [5.74, 6) is 0.220. The molecule has 0 saturated carbocycles. The number of carbonyl (C=O) groups is 1. The van der Waals surface area contributed by atoms with Crippen LogP contribution in [0.25, 0.3) is 0 Å². The number of likely N-dealkylation sites (tertiary alicyclic amines) is 1. The molecule has 5 heteroatoms. The zero-order chi connectivity index (χ0) is 12.3. The molecule has 0 atom stereocenters. The zero-order valence-corrected chi connectivity index (χ0v) is 11.9. The molecule has 0 unspecified atom stereocenters. The third-order valence-corrected chi connectivity index (χ3v) is 3.48. The van der Waals surface area contributed by atoms with Crippen LogP contribution in [0.1, 0.15) is 32.6 Å². The van der Waals surface area contributed by atoms with Crippen molar-refractivity contribution < 1.29 is 4.79 Å². The highest BCUT2D eigenvalue weighted by Crippen LogP contribution is 2.27. The highest BCUT2D eigenvalue weighted by molar-refractivity contribution is 6.17. The molecule has 0 aromatic carbocycles. The van der Waals surface area contributed by atoms with Crippen molar-refractivity contribution >= 4 is 24.0 Å². The number of amides is 1. The summed E-state index contributed by atoms with van der Waals surface area (Å²) >= 11 is 0. The van der Waals surface area contributed by atoms with E-state index in [-0.39, 0.29) is 18.3 Å². The average molecular weight is 272 g/mol. The second kappa shape index (κ2) is 6.90. The minimum Gasteiger partial charge on any atom is -0.317 e. The van der Waals surface area contributed by atoms with Crippen LogP contribution in [0, 0.1) is 0 Å². The van der Waals surface area contributed by atoms with Gasteiger partial charge >= 0.3 is 0 Å². The number of halogens is 1. The van der Waals surface area contributed by atoms with Crippen LogP contribution < -0.4 is 5.32 Å². The van der Waals surface area contributed by atoms with Gasteiger partial charge in [-0.05, 0) is 32.4 Å². The van der Waals surface area contributed by atoms with E-state index in [2.05, 4.69) is 23.3 Å². The van der Waals surface area contributed by atoms with Crippen molar-refractivity contribution in [1.82, 2.24) is 10.2 Å². The molecule has 2 fully saturated rings. The molecular formula is C13H22ClN3O. The number of rotatable bonds is 2. The summed E-state index contributed by atoms with van der Waals surface area (Å²) in [4.78, 5) is 18.4. The molecule has 18 heavy (non-hydrogen) atoms. The van der Waals surface area contributed by atoms with Crippen molar-refractivity contribution in [3.05, 3.63) is 11.8 Å². The van der Waals surface area contributed by atoms with E-state index in [0.29, 0.717) is 12.5 Å². The predicted molar refractivity (Wildman–Crippen MR) is 76.3 cm³/mol. The second-order valence-corrected chi connectivity index (χ2v) is 4.59. The molecule has 102 valence electrons. The number of hydrogen-bond acceptors (Lipinski definition) is 3. The second-order valence-electron chi connectivity index (χ2n) is 4.59. The molecule has 0 aliphatic carbocycles. The maximum Gasteiger partial charge on any atom is 0.233 e. The number of piperidine rings is 1. The summed E-state index contributed by atoms with van der Waals surface area (Å²) < 4.78 is 0. The van der Waals surface area contributed by atoms with Gasteiger partial charge < -0.3 is 10.2 Å². The van der Waals surface area contributed by atoms with Gasteiger partial charge in [-0.1, -0.05) is 13.0 Å². The van der Waals surface area contributed by atoms with Crippen molar-refractivity contribution in [3.63, 3.8) is 0 Å². The Balaban J connectivity index is 0.00000162. The molecule has 2 heterocycles. The van der Waals surface area contributed by atoms with Crippen molar-refractivity contribution in [2.24, 2.45) is 4.99 Å². The van der Waals surface area contributed by atoms with E-state index in [9.17, 15) is 4.79 Å². The lowest BCUT2D eigenvalue weighted by Gasteiger charge is -2.32. The quantitative estimate of drug-likeness (QED) is 0.832. The molecule has 2 saturated heterocycles. The molecule has 1 N–H and O–H groups in total. The van der Waals surface area contributed by atoms with E-state index in [4.69, 9.17) is 0 Å². The average Bonchev–Trinajstić information content (AvgIpc) is 2.67. The third kappa shape index (κ3) is 2.93. The smallest absolute Gasteiger partial charge is 0.233 e. The number of allylic oxidation sites excluding steroid dienone is 2. The molecule has 4 nitrogen and oxygen atoms in total. The number of aliphatic imine (C=N–C) groups is 1. The van der Waals surface area contributed by atoms with Crippen LogP contribution >= 0.6 is 12.4 Å². The molecule has 0 aromatic rings. The van der Waals surface area contributed by atoms with Gasteiger partial charge in [-0.15, -0.1) is 12.4 Å². The summed E-state index contributed by atoms with van der Waals surface area (Å²) in [5.41, 5.74) is 2.02. The highest BCUT2D eigenvalue weighted by atomic mass is 35.5. The van der Waals surface area contributed by atoms with Gasteiger partial charge in [0.25, 0.3) is 0 Å². The lowest BCUT2D eigenvalue weighted by Crippen LogP contribution is -2.43. The minimum atomic E-state index is 0. The lowest BCUT2D eigenvalue weighted by molar-refractivity contribution is -0.128. The van der Waals surface area contributed by atoms with E-state index >= 15 is 0 Å². The van der Waals surface area contributed by atoms with E-state index < -0.39 is 0 Å². The Bertz CT molecular complexity index is 359. The van der Waals surface area contributed by atoms with Crippen molar-refractivity contribution in [2.75, 3.05) is 20.1 Å². The number of hydrogen-bond donors (Lipinski definition) is 1. The molecule has 2 rings (SSSR count). The van der Waals surface area contributed by atoms with Gasteiger partial charge in [-0.3, -0.25) is 9.79 Å². The maximum atomic E-state index is 12.1. The Morgan fingerprint density at radius 2 is 2.11 bits per heavy atom. The van der Waals surface area contributed by atoms with Crippen LogP contribution in [0.2, 0.25) is 0 Å². The summed E-state index contributed by atoms with van der Waals surface area (Å²) in [6.07, 6.45) is 5.65. The Hall–Kier alpha value is -0.870. The van der Waals surface area contributed by atoms with Crippen LogP contribution in [-0.4, -0.2) is 42.7 Å². The van der Waals surface area contributed by atoms with Gasteiger partial charge in [0.15, 0.2) is 0 Å². The fourth-order valence-corrected chi connectivity index (χ4v) is 2.66. The Labute approximate surface area is 115 Å². The molecular weight excluding hydrogens is 250 g/mol. The topological polar surface area (TPSA) is 44.7 Å². The number of carbonyl (C=O) groups excluding carboxylic acids is 1. The molecule has 0 radical (unpaired) electrons. The number of nitrogens with zero attached hydrogens (tertiary/aromatic N) is 2. The van der Waals surface area contributed by atoms with E-state index in [1.807, 2.05) is 4.90 Å². The number of nitrogens with one attached hydrogen (secondary N) is 1. The first-order valence-corrected chi connectivity index (χ1v) is 6.47. The van der Waals surface area contributed by atoms with Crippen LogP contribution in [0.3, 0.4) is 0 Å². The fraction of sp³-hybridized carbons (Fsp3) is 0.692. The van der Waals surface area contributed by atoms with Crippen LogP contribution in [0.15, 0.2) is 16.8 Å². The predicted octanol–water partition coefficient (Wildman–Crippen LogP) is 1.76. The van der Waals surface area contributed by atoms with E-state index in [1.54, 1.807) is 7.05 Å². The largest absolute Gasteiger partial charge is 0.317 e. The Morgan fingerprint density at radius 1 is 1.44 bits per heavy atom. The normalized spacial score (nSPS) is 25.9. The van der Waals surface area contributed by atoms with Gasteiger partial charge in [-0.2, -0.15) is 0 Å². The molecule has 0 aromatic heterocycles. The molecule has 2 aliphatic heterocycles. The summed E-state index contributed by atoms with van der Waals surface area (Å²) in [6, 6.07) is 0.362. The first-order valence-electron chi connectivity index (χ1n) is 6.47. The molecule has 0 bridgehead atoms. The monoisotopic (exact) mass is 271 g/mol. The molecule has 1 amide bonds. The summed E-state index contributed by atoms with van der Waals surface area (Å²) in [5, 5.41) is 3.34. The third-order valence-electron chi connectivity index (χ3n) is 3.48. The Morgan fingerprint density at radius 3 is 2.67 bits per heavy atom. The summed E-state index contributed by atoms with van der Waals surface area (Å²) in [7, 11) is 1.78. The van der Waals surface area contributed by atoms with Crippen molar-refractivity contribution in [1.29, 1.82) is 0 Å². The Kier molecular flexibility index (Phi) is 5.82. The first-order chi connectivity index (χ1) is 8.27. The van der Waals surface area contributed by atoms with Crippen LogP contribution in [-0.2, 0) is 4.79 Å². The first kappa shape index (κ1) is 15.2. The van der Waals surface area contributed by atoms with Crippen molar-refractivity contribution in [2.45, 2.75) is 38.6 Å². The molecule has 2 aliphatic rings. The van der Waals surface area contributed by atoms with Gasteiger partial charge in [0.1, 0.15) is 0 Å². The van der Waals surface area contributed by atoms with Gasteiger partial charge in [0.2, 0.25) is 5.91 Å². The van der Waals surface area contributed by atoms with Crippen molar-refractivity contribution in [3.8, 4) is 0 Å². The van der Waals surface area contributed by atoms with Crippen LogP contribution in [0.5, 0.6) is 0 Å². The minimum absolute atomic E-state index is 0. The van der Waals surface area contributed by atoms with E-state index in [0.717, 1.165) is 43.8 Å². The van der Waals surface area contributed by atoms with E-state index in [1.165, 1.54) is 0 Å².